The van der Waals surface area contributed by atoms with Crippen molar-refractivity contribution in [3.8, 4) is 22.5 Å². The maximum absolute atomic E-state index is 3.96. The first kappa shape index (κ1) is 40.4. The van der Waals surface area contributed by atoms with Crippen LogP contribution in [-0.2, 0) is 0 Å². The Kier molecular flexibility index (Phi) is 10.3. The Balaban J connectivity index is 0.896. The van der Waals surface area contributed by atoms with Crippen LogP contribution >= 0.6 is 22.6 Å². The molecule has 0 fully saturated rings. The van der Waals surface area contributed by atoms with E-state index >= 15 is 0 Å². The Bertz CT molecular complexity index is 3740. The lowest BCUT2D eigenvalue weighted by molar-refractivity contribution is 1.18. The van der Waals surface area contributed by atoms with Crippen molar-refractivity contribution in [3.63, 3.8) is 0 Å². The number of halogens is 1. The van der Waals surface area contributed by atoms with E-state index < -0.39 is 0 Å². The smallest absolute Gasteiger partial charge is 0.0542 e. The highest BCUT2D eigenvalue weighted by Crippen LogP contribution is 2.43. The highest BCUT2D eigenvalue weighted by atomic mass is 127. The van der Waals surface area contributed by atoms with Crippen LogP contribution in [0.1, 0.15) is 5.56 Å². The Morgan fingerprint density at radius 1 is 0.328 bits per heavy atom. The Labute approximate surface area is 403 Å². The molecule has 0 saturated carbocycles. The number of benzene rings is 10. The average Bonchev–Trinajstić information content (AvgIpc) is 3.90. The van der Waals surface area contributed by atoms with Gasteiger partial charge in [-0.1, -0.05) is 122 Å². The van der Waals surface area contributed by atoms with E-state index in [9.17, 15) is 0 Å². The first-order chi connectivity index (χ1) is 33.1. The molecule has 2 aromatic heterocycles. The summed E-state index contributed by atoms with van der Waals surface area (Å²) in [5.41, 5.74) is 17.0. The van der Waals surface area contributed by atoms with E-state index in [-0.39, 0.29) is 0 Å². The van der Waals surface area contributed by atoms with Gasteiger partial charge in [0.15, 0.2) is 0 Å². The average molecular weight is 971 g/mol. The number of para-hydroxylation sites is 4. The molecule has 10 aromatic carbocycles. The number of nitrogens with zero attached hydrogens (tertiary/aromatic N) is 4. The number of anilines is 6. The fraction of sp³-hybridized carbons (Fsp3) is 0. The molecule has 0 N–H and O–H groups in total. The summed E-state index contributed by atoms with van der Waals surface area (Å²) in [7, 11) is 0. The summed E-state index contributed by atoms with van der Waals surface area (Å²) in [6.07, 6.45) is 1.89. The van der Waals surface area contributed by atoms with Crippen molar-refractivity contribution < 1.29 is 0 Å². The van der Waals surface area contributed by atoms with Gasteiger partial charge in [0.25, 0.3) is 0 Å². The molecule has 0 unspecified atom stereocenters. The molecule has 0 aliphatic heterocycles. The molecule has 4 nitrogen and oxygen atoms in total. The van der Waals surface area contributed by atoms with E-state index in [4.69, 9.17) is 0 Å². The van der Waals surface area contributed by atoms with E-state index in [2.05, 4.69) is 291 Å². The number of rotatable bonds is 10. The predicted octanol–water partition coefficient (Wildman–Crippen LogP) is 17.7. The molecule has 12 aromatic rings. The largest absolute Gasteiger partial charge is 0.310 e. The van der Waals surface area contributed by atoms with Crippen molar-refractivity contribution >= 4 is 106 Å². The molecule has 5 heteroatoms. The lowest BCUT2D eigenvalue weighted by Crippen LogP contribution is -2.10. The van der Waals surface area contributed by atoms with E-state index in [1.807, 2.05) is 6.08 Å². The third kappa shape index (κ3) is 7.25. The van der Waals surface area contributed by atoms with Crippen LogP contribution in [0.15, 0.2) is 249 Å². The van der Waals surface area contributed by atoms with Gasteiger partial charge in [0.2, 0.25) is 0 Å². The molecule has 0 spiro atoms. The van der Waals surface area contributed by atoms with Gasteiger partial charge in [-0.15, -0.1) is 0 Å². The summed E-state index contributed by atoms with van der Waals surface area (Å²) in [6, 6.07) is 87.7. The maximum atomic E-state index is 3.96. The van der Waals surface area contributed by atoms with Gasteiger partial charge in [0.1, 0.15) is 0 Å². The molecule has 0 aliphatic rings. The first-order valence-electron chi connectivity index (χ1n) is 22.6. The monoisotopic (exact) mass is 970 g/mol. The Hall–Kier alpha value is -8.13. The molecular formula is C62H43IN4. The van der Waals surface area contributed by atoms with E-state index in [0.717, 1.165) is 62.2 Å². The molecule has 0 saturated heterocycles. The van der Waals surface area contributed by atoms with Crippen LogP contribution in [0, 0.1) is 3.57 Å². The topological polar surface area (TPSA) is 16.3 Å². The molecule has 0 radical (unpaired) electrons. The molecule has 67 heavy (non-hydrogen) atoms. The molecular weight excluding hydrogens is 928 g/mol. The fourth-order valence-corrected chi connectivity index (χ4v) is 10.1. The zero-order valence-corrected chi connectivity index (χ0v) is 38.7. The standard InChI is InChI=1S/C62H43IN4/c1-2-43-21-29-51(30-22-43)66-59-19-11-9-17-55(59)57-41-53(37-39-61(57)66)64(47-13-5-3-6-14-47)49-31-23-44(24-32-49)45-25-33-50(34-26-45)65(48-15-7-4-8-16-48)54-38-40-62-58(42-54)56-18-10-12-20-60(56)67(62)52-35-27-46(63)28-36-52/h2-42H,1H2. The van der Waals surface area contributed by atoms with Crippen LogP contribution < -0.4 is 9.80 Å². The second-order valence-electron chi connectivity index (χ2n) is 16.8. The van der Waals surface area contributed by atoms with Gasteiger partial charge in [0.05, 0.1) is 22.1 Å². The highest BCUT2D eigenvalue weighted by Gasteiger charge is 2.20. The molecule has 12 rings (SSSR count). The van der Waals surface area contributed by atoms with Crippen LogP contribution in [0.5, 0.6) is 0 Å². The zero-order chi connectivity index (χ0) is 44.8. The maximum Gasteiger partial charge on any atom is 0.0542 e. The van der Waals surface area contributed by atoms with Crippen molar-refractivity contribution in [3.05, 3.63) is 258 Å². The van der Waals surface area contributed by atoms with Crippen LogP contribution in [0.2, 0.25) is 0 Å². The third-order valence-electron chi connectivity index (χ3n) is 12.9. The Morgan fingerprint density at radius 2 is 0.687 bits per heavy atom. The molecule has 0 amide bonds. The normalized spacial score (nSPS) is 11.4. The summed E-state index contributed by atoms with van der Waals surface area (Å²) >= 11 is 2.37. The second kappa shape index (κ2) is 17.0. The first-order valence-corrected chi connectivity index (χ1v) is 23.6. The number of hydrogen-bond donors (Lipinski definition) is 0. The van der Waals surface area contributed by atoms with Crippen molar-refractivity contribution in [2.75, 3.05) is 9.80 Å². The summed E-state index contributed by atoms with van der Waals surface area (Å²) in [5.74, 6) is 0. The molecule has 0 aliphatic carbocycles. The summed E-state index contributed by atoms with van der Waals surface area (Å²) in [5, 5.41) is 4.87. The number of fused-ring (bicyclic) bond motifs is 6. The van der Waals surface area contributed by atoms with Crippen LogP contribution in [-0.4, -0.2) is 9.13 Å². The SMILES string of the molecule is C=Cc1ccc(-n2c3ccccc3c3cc(N(c4ccccc4)c4ccc(-c5ccc(N(c6ccccc6)c6ccc7c(c6)c6ccccc6n7-c6ccc(I)cc6)cc5)cc4)ccc32)cc1. The van der Waals surface area contributed by atoms with Gasteiger partial charge < -0.3 is 18.9 Å². The predicted molar refractivity (Wildman–Crippen MR) is 293 cm³/mol. The van der Waals surface area contributed by atoms with Crippen LogP contribution in [0.25, 0.3) is 72.2 Å². The van der Waals surface area contributed by atoms with Gasteiger partial charge >= 0.3 is 0 Å². The van der Waals surface area contributed by atoms with Gasteiger partial charge in [-0.05, 0) is 173 Å². The lowest BCUT2D eigenvalue weighted by Gasteiger charge is -2.26. The second-order valence-corrected chi connectivity index (χ2v) is 18.1. The Morgan fingerprint density at radius 3 is 1.12 bits per heavy atom. The van der Waals surface area contributed by atoms with Crippen LogP contribution in [0.3, 0.4) is 0 Å². The minimum absolute atomic E-state index is 1.09. The third-order valence-corrected chi connectivity index (χ3v) is 13.6. The molecule has 318 valence electrons. The van der Waals surface area contributed by atoms with Gasteiger partial charge in [-0.25, -0.2) is 0 Å². The lowest BCUT2D eigenvalue weighted by atomic mass is 10.0. The quantitative estimate of drug-likeness (QED) is 0.127. The van der Waals surface area contributed by atoms with Gasteiger partial charge in [-0.2, -0.15) is 0 Å². The molecule has 2 heterocycles. The van der Waals surface area contributed by atoms with E-state index in [0.29, 0.717) is 0 Å². The minimum atomic E-state index is 1.09. The molecule has 0 bridgehead atoms. The summed E-state index contributed by atoms with van der Waals surface area (Å²) in [6.45, 7) is 3.96. The van der Waals surface area contributed by atoms with Gasteiger partial charge in [-0.3, -0.25) is 0 Å². The van der Waals surface area contributed by atoms with E-state index in [1.54, 1.807) is 0 Å². The van der Waals surface area contributed by atoms with Crippen LogP contribution in [0.4, 0.5) is 34.1 Å². The molecule has 0 atom stereocenters. The van der Waals surface area contributed by atoms with Crippen molar-refractivity contribution in [2.24, 2.45) is 0 Å². The van der Waals surface area contributed by atoms with Crippen molar-refractivity contribution in [1.82, 2.24) is 9.13 Å². The summed E-state index contributed by atoms with van der Waals surface area (Å²) < 4.78 is 5.95. The zero-order valence-electron chi connectivity index (χ0n) is 36.5. The van der Waals surface area contributed by atoms with Gasteiger partial charge in [0, 0.05) is 70.6 Å². The van der Waals surface area contributed by atoms with Crippen molar-refractivity contribution in [2.45, 2.75) is 0 Å². The van der Waals surface area contributed by atoms with E-state index in [1.165, 1.54) is 47.2 Å². The minimum Gasteiger partial charge on any atom is -0.310 e. The fourth-order valence-electron chi connectivity index (χ4n) is 9.76. The number of hydrogen-bond acceptors (Lipinski definition) is 2. The van der Waals surface area contributed by atoms with Crippen molar-refractivity contribution in [1.29, 1.82) is 0 Å². The number of aromatic nitrogens is 2. The summed E-state index contributed by atoms with van der Waals surface area (Å²) in [4.78, 5) is 4.71. The highest BCUT2D eigenvalue weighted by molar-refractivity contribution is 14.1.